The first-order valence-electron chi connectivity index (χ1n) is 7.14. The van der Waals surface area contributed by atoms with Crippen molar-refractivity contribution in [3.8, 4) is 0 Å². The number of nitrogens with two attached hydrogens (primary N) is 1. The number of benzene rings is 1. The first-order chi connectivity index (χ1) is 8.63. The van der Waals surface area contributed by atoms with Gasteiger partial charge in [-0.2, -0.15) is 0 Å². The SMILES string of the molecule is Cc1ccccc1C(CN)N1CC(C)CCC1C. The van der Waals surface area contributed by atoms with Gasteiger partial charge in [-0.05, 0) is 43.7 Å². The van der Waals surface area contributed by atoms with Crippen LogP contribution in [0.5, 0.6) is 0 Å². The fourth-order valence-corrected chi connectivity index (χ4v) is 3.16. The Morgan fingerprint density at radius 1 is 1.28 bits per heavy atom. The number of rotatable bonds is 3. The van der Waals surface area contributed by atoms with Crippen LogP contribution in [0.2, 0.25) is 0 Å². The Morgan fingerprint density at radius 3 is 2.67 bits per heavy atom. The maximum atomic E-state index is 6.07. The zero-order valence-electron chi connectivity index (χ0n) is 11.9. The number of hydrogen-bond donors (Lipinski definition) is 1. The van der Waals surface area contributed by atoms with Crippen molar-refractivity contribution < 1.29 is 0 Å². The van der Waals surface area contributed by atoms with Crippen LogP contribution in [0.25, 0.3) is 0 Å². The summed E-state index contributed by atoms with van der Waals surface area (Å²) in [6, 6.07) is 9.69. The second-order valence-electron chi connectivity index (χ2n) is 5.84. The third-order valence-electron chi connectivity index (χ3n) is 4.34. The summed E-state index contributed by atoms with van der Waals surface area (Å²) >= 11 is 0. The Labute approximate surface area is 111 Å². The molecule has 2 rings (SSSR count). The predicted molar refractivity (Wildman–Crippen MR) is 77.5 cm³/mol. The lowest BCUT2D eigenvalue weighted by atomic mass is 9.90. The van der Waals surface area contributed by atoms with E-state index in [-0.39, 0.29) is 0 Å². The van der Waals surface area contributed by atoms with E-state index in [2.05, 4.69) is 49.9 Å². The summed E-state index contributed by atoms with van der Waals surface area (Å²) in [5.74, 6) is 0.791. The van der Waals surface area contributed by atoms with Crippen LogP contribution in [0, 0.1) is 12.8 Å². The van der Waals surface area contributed by atoms with Crippen LogP contribution in [0.3, 0.4) is 0 Å². The van der Waals surface area contributed by atoms with Crippen LogP contribution < -0.4 is 5.73 Å². The molecule has 100 valence electrons. The molecule has 0 radical (unpaired) electrons. The Morgan fingerprint density at radius 2 is 2.00 bits per heavy atom. The van der Waals surface area contributed by atoms with Crippen LogP contribution in [-0.2, 0) is 0 Å². The number of aryl methyl sites for hydroxylation is 1. The molecule has 1 aliphatic rings. The van der Waals surface area contributed by atoms with Gasteiger partial charge in [0.25, 0.3) is 0 Å². The molecule has 0 aliphatic carbocycles. The Hall–Kier alpha value is -0.860. The first-order valence-corrected chi connectivity index (χ1v) is 7.14. The minimum Gasteiger partial charge on any atom is -0.329 e. The summed E-state index contributed by atoms with van der Waals surface area (Å²) in [6.07, 6.45) is 2.65. The third-order valence-corrected chi connectivity index (χ3v) is 4.34. The molecule has 0 saturated carbocycles. The molecule has 1 aromatic rings. The van der Waals surface area contributed by atoms with Crippen molar-refractivity contribution in [2.24, 2.45) is 11.7 Å². The van der Waals surface area contributed by atoms with Gasteiger partial charge in [0.05, 0.1) is 0 Å². The van der Waals surface area contributed by atoms with E-state index in [9.17, 15) is 0 Å². The minimum absolute atomic E-state index is 0.379. The lowest BCUT2D eigenvalue weighted by molar-refractivity contribution is 0.0795. The topological polar surface area (TPSA) is 29.3 Å². The third kappa shape index (κ3) is 2.76. The maximum Gasteiger partial charge on any atom is 0.0476 e. The van der Waals surface area contributed by atoms with E-state index >= 15 is 0 Å². The zero-order chi connectivity index (χ0) is 13.1. The predicted octanol–water partition coefficient (Wildman–Crippen LogP) is 3.12. The molecular formula is C16H26N2. The number of hydrogen-bond acceptors (Lipinski definition) is 2. The Kier molecular flexibility index (Phi) is 4.41. The first kappa shape index (κ1) is 13.6. The molecule has 1 aromatic carbocycles. The largest absolute Gasteiger partial charge is 0.329 e. The summed E-state index contributed by atoms with van der Waals surface area (Å²) < 4.78 is 0. The van der Waals surface area contributed by atoms with Crippen LogP contribution >= 0.6 is 0 Å². The van der Waals surface area contributed by atoms with Gasteiger partial charge in [-0.15, -0.1) is 0 Å². The molecule has 1 heterocycles. The molecule has 0 amide bonds. The molecule has 2 N–H and O–H groups in total. The normalized spacial score (nSPS) is 27.1. The van der Waals surface area contributed by atoms with Crippen molar-refractivity contribution in [3.05, 3.63) is 35.4 Å². The van der Waals surface area contributed by atoms with Gasteiger partial charge in [0, 0.05) is 25.2 Å². The average Bonchev–Trinajstić information content (AvgIpc) is 2.36. The highest BCUT2D eigenvalue weighted by Crippen LogP contribution is 2.31. The highest BCUT2D eigenvalue weighted by Gasteiger charge is 2.29. The smallest absolute Gasteiger partial charge is 0.0476 e. The minimum atomic E-state index is 0.379. The maximum absolute atomic E-state index is 6.07. The summed E-state index contributed by atoms with van der Waals surface area (Å²) in [5, 5.41) is 0. The Balaban J connectivity index is 2.25. The van der Waals surface area contributed by atoms with E-state index in [1.54, 1.807) is 0 Å². The molecule has 1 aliphatic heterocycles. The van der Waals surface area contributed by atoms with Crippen molar-refractivity contribution in [2.75, 3.05) is 13.1 Å². The van der Waals surface area contributed by atoms with Gasteiger partial charge < -0.3 is 5.73 Å². The highest BCUT2D eigenvalue weighted by atomic mass is 15.2. The number of likely N-dealkylation sites (tertiary alicyclic amines) is 1. The van der Waals surface area contributed by atoms with Gasteiger partial charge >= 0.3 is 0 Å². The molecule has 0 spiro atoms. The summed E-state index contributed by atoms with van der Waals surface area (Å²) in [7, 11) is 0. The second-order valence-corrected chi connectivity index (χ2v) is 5.84. The fraction of sp³-hybridized carbons (Fsp3) is 0.625. The van der Waals surface area contributed by atoms with Crippen LogP contribution in [0.15, 0.2) is 24.3 Å². The average molecular weight is 246 g/mol. The highest BCUT2D eigenvalue weighted by molar-refractivity contribution is 5.29. The molecule has 3 atom stereocenters. The van der Waals surface area contributed by atoms with E-state index in [1.165, 1.54) is 30.5 Å². The molecular weight excluding hydrogens is 220 g/mol. The van der Waals surface area contributed by atoms with Gasteiger partial charge in [-0.25, -0.2) is 0 Å². The summed E-state index contributed by atoms with van der Waals surface area (Å²) in [6.45, 7) is 8.77. The van der Waals surface area contributed by atoms with Crippen LogP contribution in [-0.4, -0.2) is 24.0 Å². The monoisotopic (exact) mass is 246 g/mol. The molecule has 1 fully saturated rings. The van der Waals surface area contributed by atoms with E-state index in [1.807, 2.05) is 0 Å². The van der Waals surface area contributed by atoms with E-state index in [0.29, 0.717) is 18.6 Å². The second kappa shape index (κ2) is 5.85. The number of nitrogens with zero attached hydrogens (tertiary/aromatic N) is 1. The van der Waals surface area contributed by atoms with Gasteiger partial charge in [-0.1, -0.05) is 31.2 Å². The van der Waals surface area contributed by atoms with Gasteiger partial charge in [0.15, 0.2) is 0 Å². The van der Waals surface area contributed by atoms with Gasteiger partial charge in [0.2, 0.25) is 0 Å². The van der Waals surface area contributed by atoms with Gasteiger partial charge in [-0.3, -0.25) is 4.90 Å². The van der Waals surface area contributed by atoms with Crippen LogP contribution in [0.1, 0.15) is 43.9 Å². The molecule has 3 unspecified atom stereocenters. The molecule has 1 saturated heterocycles. The molecule has 2 nitrogen and oxygen atoms in total. The van der Waals surface area contributed by atoms with Crippen molar-refractivity contribution in [2.45, 2.75) is 45.7 Å². The van der Waals surface area contributed by atoms with Gasteiger partial charge in [0.1, 0.15) is 0 Å². The van der Waals surface area contributed by atoms with E-state index < -0.39 is 0 Å². The van der Waals surface area contributed by atoms with Crippen molar-refractivity contribution in [1.82, 2.24) is 4.90 Å². The lowest BCUT2D eigenvalue weighted by Crippen LogP contribution is -2.45. The molecule has 18 heavy (non-hydrogen) atoms. The summed E-state index contributed by atoms with van der Waals surface area (Å²) in [4.78, 5) is 2.61. The van der Waals surface area contributed by atoms with Crippen LogP contribution in [0.4, 0.5) is 0 Å². The zero-order valence-corrected chi connectivity index (χ0v) is 11.9. The quantitative estimate of drug-likeness (QED) is 0.888. The molecule has 0 aromatic heterocycles. The van der Waals surface area contributed by atoms with Crippen molar-refractivity contribution >= 4 is 0 Å². The van der Waals surface area contributed by atoms with E-state index in [4.69, 9.17) is 5.73 Å². The number of piperidine rings is 1. The fourth-order valence-electron chi connectivity index (χ4n) is 3.16. The lowest BCUT2D eigenvalue weighted by Gasteiger charge is -2.42. The Bertz CT molecular complexity index is 388. The molecule has 2 heteroatoms. The van der Waals surface area contributed by atoms with E-state index in [0.717, 1.165) is 5.92 Å². The summed E-state index contributed by atoms with van der Waals surface area (Å²) in [5.41, 5.74) is 8.83. The molecule has 0 bridgehead atoms. The standard InChI is InChI=1S/C16H26N2/c1-12-8-9-14(3)18(11-12)16(10-17)15-7-5-4-6-13(15)2/h4-7,12,14,16H,8-11,17H2,1-3H3. The van der Waals surface area contributed by atoms with Crippen molar-refractivity contribution in [1.29, 1.82) is 0 Å². The van der Waals surface area contributed by atoms with Crippen molar-refractivity contribution in [3.63, 3.8) is 0 Å².